The Morgan fingerprint density at radius 3 is 2.69 bits per heavy atom. The maximum atomic E-state index is 5.53. The first-order valence-electron chi connectivity index (χ1n) is 3.64. The van der Waals surface area contributed by atoms with Gasteiger partial charge in [-0.2, -0.15) is 5.10 Å². The van der Waals surface area contributed by atoms with E-state index in [4.69, 9.17) is 11.5 Å². The first kappa shape index (κ1) is 7.53. The van der Waals surface area contributed by atoms with Crippen LogP contribution in [0.1, 0.15) is 0 Å². The van der Waals surface area contributed by atoms with E-state index in [1.54, 1.807) is 12.1 Å². The van der Waals surface area contributed by atoms with E-state index in [2.05, 4.69) is 15.1 Å². The zero-order chi connectivity index (χ0) is 9.26. The largest absolute Gasteiger partial charge is 0.396 e. The third-order valence-electron chi connectivity index (χ3n) is 1.60. The van der Waals surface area contributed by atoms with Crippen molar-refractivity contribution in [3.8, 4) is 5.82 Å². The number of hydrogen-bond donors (Lipinski definition) is 2. The summed E-state index contributed by atoms with van der Waals surface area (Å²) >= 11 is 0. The van der Waals surface area contributed by atoms with Gasteiger partial charge in [-0.15, -0.1) is 0 Å². The number of pyridine rings is 1. The van der Waals surface area contributed by atoms with Gasteiger partial charge >= 0.3 is 0 Å². The summed E-state index contributed by atoms with van der Waals surface area (Å²) in [6, 6.07) is 3.40. The predicted molar refractivity (Wildman–Crippen MR) is 48.0 cm³/mol. The fourth-order valence-corrected chi connectivity index (χ4v) is 0.929. The molecule has 2 heterocycles. The van der Waals surface area contributed by atoms with Crippen LogP contribution >= 0.6 is 0 Å². The molecule has 0 aliphatic rings. The van der Waals surface area contributed by atoms with Crippen molar-refractivity contribution >= 4 is 11.5 Å². The molecule has 0 amide bonds. The minimum Gasteiger partial charge on any atom is -0.396 e. The molecule has 6 nitrogen and oxygen atoms in total. The summed E-state index contributed by atoms with van der Waals surface area (Å²) in [6.07, 6.45) is 2.96. The predicted octanol–water partition coefficient (Wildman–Crippen LogP) is -0.173. The number of nitrogens with zero attached hydrogens (tertiary/aromatic N) is 4. The van der Waals surface area contributed by atoms with E-state index in [1.165, 1.54) is 17.3 Å². The second kappa shape index (κ2) is 2.74. The minimum atomic E-state index is 0.299. The number of nitrogens with two attached hydrogens (primary N) is 2. The van der Waals surface area contributed by atoms with Gasteiger partial charge in [-0.25, -0.2) is 14.6 Å². The van der Waals surface area contributed by atoms with Crippen LogP contribution in [0.25, 0.3) is 5.82 Å². The minimum absolute atomic E-state index is 0.299. The summed E-state index contributed by atoms with van der Waals surface area (Å²) < 4.78 is 1.51. The molecule has 0 aromatic carbocycles. The van der Waals surface area contributed by atoms with E-state index in [1.807, 2.05) is 0 Å². The van der Waals surface area contributed by atoms with Crippen molar-refractivity contribution in [3.63, 3.8) is 0 Å². The van der Waals surface area contributed by atoms with Gasteiger partial charge in [0.05, 0.1) is 5.69 Å². The molecule has 0 aliphatic carbocycles. The molecule has 0 fully saturated rings. The highest BCUT2D eigenvalue weighted by atomic mass is 15.3. The molecule has 2 aromatic rings. The van der Waals surface area contributed by atoms with Crippen molar-refractivity contribution in [2.45, 2.75) is 0 Å². The Morgan fingerprint density at radius 2 is 2.08 bits per heavy atom. The van der Waals surface area contributed by atoms with Crippen LogP contribution in [0.3, 0.4) is 0 Å². The van der Waals surface area contributed by atoms with Gasteiger partial charge in [0.25, 0.3) is 0 Å². The standard InChI is InChI=1S/C7H8N6/c8-5-1-2-6(12-7(5)9)13-4-10-3-11-13/h1-4H,8H2,(H2,9,12). The normalized spacial score (nSPS) is 10.2. The van der Waals surface area contributed by atoms with Crippen molar-refractivity contribution in [3.05, 3.63) is 24.8 Å². The lowest BCUT2D eigenvalue weighted by molar-refractivity contribution is 0.848. The number of aromatic nitrogens is 4. The molecule has 0 saturated heterocycles. The average molecular weight is 176 g/mol. The Hall–Kier alpha value is -2.11. The Balaban J connectivity index is 2.49. The van der Waals surface area contributed by atoms with E-state index in [-0.39, 0.29) is 0 Å². The molecule has 6 heteroatoms. The van der Waals surface area contributed by atoms with Crippen molar-refractivity contribution in [2.24, 2.45) is 0 Å². The van der Waals surface area contributed by atoms with Gasteiger partial charge in [0.1, 0.15) is 18.5 Å². The molecule has 2 rings (SSSR count). The monoisotopic (exact) mass is 176 g/mol. The quantitative estimate of drug-likeness (QED) is 0.628. The maximum absolute atomic E-state index is 5.53. The van der Waals surface area contributed by atoms with Crippen molar-refractivity contribution in [1.29, 1.82) is 0 Å². The Bertz CT molecular complexity index is 407. The molecule has 0 aliphatic heterocycles. The van der Waals surface area contributed by atoms with Crippen LogP contribution < -0.4 is 11.5 Å². The number of hydrogen-bond acceptors (Lipinski definition) is 5. The lowest BCUT2D eigenvalue weighted by Crippen LogP contribution is -2.03. The van der Waals surface area contributed by atoms with Crippen LogP contribution in [0.2, 0.25) is 0 Å². The SMILES string of the molecule is Nc1ccc(-n2cncn2)nc1N. The van der Waals surface area contributed by atoms with Gasteiger partial charge in [-0.3, -0.25) is 0 Å². The molecule has 0 spiro atoms. The molecule has 0 unspecified atom stereocenters. The van der Waals surface area contributed by atoms with E-state index in [9.17, 15) is 0 Å². The van der Waals surface area contributed by atoms with E-state index in [0.717, 1.165) is 0 Å². The first-order chi connectivity index (χ1) is 6.27. The maximum Gasteiger partial charge on any atom is 0.157 e. The molecule has 13 heavy (non-hydrogen) atoms. The first-order valence-corrected chi connectivity index (χ1v) is 3.64. The van der Waals surface area contributed by atoms with E-state index in [0.29, 0.717) is 17.3 Å². The third-order valence-corrected chi connectivity index (χ3v) is 1.60. The van der Waals surface area contributed by atoms with Crippen LogP contribution in [-0.2, 0) is 0 Å². The topological polar surface area (TPSA) is 95.6 Å². The lowest BCUT2D eigenvalue weighted by atomic mass is 10.4. The highest BCUT2D eigenvalue weighted by Crippen LogP contribution is 2.12. The summed E-state index contributed by atoms with van der Waals surface area (Å²) in [6.45, 7) is 0. The summed E-state index contributed by atoms with van der Waals surface area (Å²) in [5.41, 5.74) is 11.5. The zero-order valence-electron chi connectivity index (χ0n) is 6.75. The van der Waals surface area contributed by atoms with E-state index < -0.39 is 0 Å². The van der Waals surface area contributed by atoms with Gasteiger partial charge in [0.2, 0.25) is 0 Å². The highest BCUT2D eigenvalue weighted by Gasteiger charge is 2.00. The Kier molecular flexibility index (Phi) is 1.59. The van der Waals surface area contributed by atoms with Crippen LogP contribution in [0.5, 0.6) is 0 Å². The Morgan fingerprint density at radius 1 is 1.23 bits per heavy atom. The molecule has 0 atom stereocenters. The summed E-state index contributed by atoms with van der Waals surface area (Å²) in [7, 11) is 0. The molecular formula is C7H8N6. The van der Waals surface area contributed by atoms with Crippen molar-refractivity contribution in [1.82, 2.24) is 19.7 Å². The van der Waals surface area contributed by atoms with Crippen LogP contribution in [0, 0.1) is 0 Å². The van der Waals surface area contributed by atoms with Gasteiger partial charge in [-0.1, -0.05) is 0 Å². The molecule has 0 bridgehead atoms. The summed E-state index contributed by atoms with van der Waals surface area (Å²) in [5.74, 6) is 0.900. The summed E-state index contributed by atoms with van der Waals surface area (Å²) in [5, 5.41) is 3.90. The van der Waals surface area contributed by atoms with Gasteiger partial charge in [0.15, 0.2) is 5.82 Å². The average Bonchev–Trinajstić information content (AvgIpc) is 2.62. The van der Waals surface area contributed by atoms with Crippen molar-refractivity contribution in [2.75, 3.05) is 11.5 Å². The fourth-order valence-electron chi connectivity index (χ4n) is 0.929. The summed E-state index contributed by atoms with van der Waals surface area (Å²) in [4.78, 5) is 7.82. The third kappa shape index (κ3) is 1.28. The van der Waals surface area contributed by atoms with Gasteiger partial charge in [0, 0.05) is 0 Å². The van der Waals surface area contributed by atoms with Gasteiger partial charge in [-0.05, 0) is 12.1 Å². The highest BCUT2D eigenvalue weighted by molar-refractivity contribution is 5.59. The number of anilines is 2. The molecule has 4 N–H and O–H groups in total. The van der Waals surface area contributed by atoms with Gasteiger partial charge < -0.3 is 11.5 Å². The smallest absolute Gasteiger partial charge is 0.157 e. The number of nitrogen functional groups attached to an aromatic ring is 2. The molecule has 2 aromatic heterocycles. The van der Waals surface area contributed by atoms with Crippen LogP contribution in [0.15, 0.2) is 24.8 Å². The molecule has 66 valence electrons. The second-order valence-electron chi connectivity index (χ2n) is 2.48. The lowest BCUT2D eigenvalue weighted by Gasteiger charge is -2.02. The molecule has 0 saturated carbocycles. The van der Waals surface area contributed by atoms with Crippen molar-refractivity contribution < 1.29 is 0 Å². The Labute approximate surface area is 74.2 Å². The second-order valence-corrected chi connectivity index (χ2v) is 2.48. The molecular weight excluding hydrogens is 168 g/mol. The van der Waals surface area contributed by atoms with E-state index >= 15 is 0 Å². The van der Waals surface area contributed by atoms with Crippen LogP contribution in [-0.4, -0.2) is 19.7 Å². The fraction of sp³-hybridized carbons (Fsp3) is 0. The number of rotatable bonds is 1. The zero-order valence-corrected chi connectivity index (χ0v) is 6.75. The molecule has 0 radical (unpaired) electrons. The van der Waals surface area contributed by atoms with Crippen LogP contribution in [0.4, 0.5) is 11.5 Å².